The van der Waals surface area contributed by atoms with Crippen molar-refractivity contribution in [3.8, 4) is 28.2 Å². The van der Waals surface area contributed by atoms with Crippen molar-refractivity contribution in [1.29, 1.82) is 0 Å². The number of nitrogens with one attached hydrogen (secondary N) is 1. The van der Waals surface area contributed by atoms with E-state index in [-0.39, 0.29) is 11.6 Å². The molecule has 162 valence electrons. The summed E-state index contributed by atoms with van der Waals surface area (Å²) in [7, 11) is 0. The summed E-state index contributed by atoms with van der Waals surface area (Å²) in [6, 6.07) is 8.88. The summed E-state index contributed by atoms with van der Waals surface area (Å²) < 4.78 is 3.35. The lowest BCUT2D eigenvalue weighted by molar-refractivity contribution is 0.572. The lowest BCUT2D eigenvalue weighted by atomic mass is 10.0. The molecule has 0 fully saturated rings. The molecular formula is C22H16ClN9O. The number of fused-ring (bicyclic) bond motifs is 1. The normalized spacial score (nSPS) is 15.0. The van der Waals surface area contributed by atoms with E-state index in [0.29, 0.717) is 10.7 Å². The van der Waals surface area contributed by atoms with E-state index in [1.54, 1.807) is 46.2 Å². The van der Waals surface area contributed by atoms with E-state index in [0.717, 1.165) is 46.9 Å². The number of aromatic nitrogens is 9. The van der Waals surface area contributed by atoms with Gasteiger partial charge in [-0.3, -0.25) is 14.8 Å². The molecular weight excluding hydrogens is 442 g/mol. The van der Waals surface area contributed by atoms with Gasteiger partial charge in [-0.25, -0.2) is 4.98 Å². The Hall–Kier alpha value is -4.18. The van der Waals surface area contributed by atoms with Crippen LogP contribution in [0.4, 0.5) is 0 Å². The zero-order valence-corrected chi connectivity index (χ0v) is 17.9. The average molecular weight is 458 g/mol. The Morgan fingerprint density at radius 2 is 2.03 bits per heavy atom. The van der Waals surface area contributed by atoms with Crippen molar-refractivity contribution in [2.45, 2.75) is 18.9 Å². The fourth-order valence-corrected chi connectivity index (χ4v) is 4.47. The molecule has 6 rings (SSSR count). The summed E-state index contributed by atoms with van der Waals surface area (Å²) in [5.74, 6) is 0.724. The van der Waals surface area contributed by atoms with Gasteiger partial charge in [0.25, 0.3) is 5.56 Å². The molecule has 5 heterocycles. The maximum Gasteiger partial charge on any atom is 0.252 e. The van der Waals surface area contributed by atoms with Crippen LogP contribution in [0.3, 0.4) is 0 Å². The Labute approximate surface area is 191 Å². The van der Waals surface area contributed by atoms with Crippen LogP contribution in [0.2, 0.25) is 5.02 Å². The largest absolute Gasteiger partial charge is 0.339 e. The number of aromatic amines is 1. The Balaban J connectivity index is 1.40. The molecule has 5 aromatic rings. The number of H-pyrrole nitrogens is 1. The van der Waals surface area contributed by atoms with Gasteiger partial charge in [0.05, 0.1) is 29.8 Å². The molecule has 0 saturated carbocycles. The summed E-state index contributed by atoms with van der Waals surface area (Å²) in [5.41, 5.74) is 4.58. The Kier molecular flexibility index (Phi) is 4.58. The highest BCUT2D eigenvalue weighted by Crippen LogP contribution is 2.34. The number of rotatable bonds is 4. The second-order valence-electron chi connectivity index (χ2n) is 7.69. The summed E-state index contributed by atoms with van der Waals surface area (Å²) in [4.78, 5) is 29.5. The van der Waals surface area contributed by atoms with Crippen LogP contribution >= 0.6 is 11.6 Å². The van der Waals surface area contributed by atoms with Gasteiger partial charge in [-0.2, -0.15) is 4.68 Å². The zero-order chi connectivity index (χ0) is 22.4. The van der Waals surface area contributed by atoms with E-state index in [4.69, 9.17) is 11.6 Å². The summed E-state index contributed by atoms with van der Waals surface area (Å²) in [5, 5.41) is 12.0. The Morgan fingerprint density at radius 1 is 1.09 bits per heavy atom. The van der Waals surface area contributed by atoms with E-state index < -0.39 is 0 Å². The minimum absolute atomic E-state index is 0.106. The van der Waals surface area contributed by atoms with Gasteiger partial charge in [0.15, 0.2) is 0 Å². The van der Waals surface area contributed by atoms with Crippen LogP contribution in [0.15, 0.2) is 66.2 Å². The molecule has 1 aliphatic heterocycles. The molecule has 1 N–H and O–H groups in total. The second-order valence-corrected chi connectivity index (χ2v) is 8.12. The highest BCUT2D eigenvalue weighted by molar-refractivity contribution is 6.31. The number of nitrogens with zero attached hydrogens (tertiary/aromatic N) is 8. The molecule has 0 amide bonds. The van der Waals surface area contributed by atoms with Crippen molar-refractivity contribution in [1.82, 2.24) is 44.7 Å². The van der Waals surface area contributed by atoms with Gasteiger partial charge in [-0.15, -0.1) is 5.10 Å². The first-order valence-electron chi connectivity index (χ1n) is 10.3. The number of hydrogen-bond acceptors (Lipinski definition) is 7. The molecule has 0 spiro atoms. The number of aryl methyl sites for hydroxylation is 1. The standard InChI is InChI=1S/C22H16ClN9O/c23-14-1-3-19(31-12-27-29-30-31)16(9-14)13-7-15-2-4-20(32(15)21(33)8-13)22-26-11-18(28-22)17-10-24-5-6-25-17/h1,3,5-12,20H,2,4H2,(H,26,28)/t20-/m0/s1. The molecule has 0 saturated heterocycles. The molecule has 33 heavy (non-hydrogen) atoms. The number of tetrazole rings is 1. The van der Waals surface area contributed by atoms with E-state index in [1.807, 2.05) is 18.2 Å². The van der Waals surface area contributed by atoms with Gasteiger partial charge in [0, 0.05) is 34.7 Å². The van der Waals surface area contributed by atoms with E-state index in [9.17, 15) is 4.79 Å². The molecule has 0 bridgehead atoms. The summed E-state index contributed by atoms with van der Waals surface area (Å²) in [6.07, 6.45) is 9.67. The topological polar surface area (TPSA) is 120 Å². The third kappa shape index (κ3) is 3.40. The number of halogens is 1. The molecule has 0 unspecified atom stereocenters. The van der Waals surface area contributed by atoms with Crippen molar-refractivity contribution in [3.05, 3.63) is 88.3 Å². The molecule has 11 heteroatoms. The summed E-state index contributed by atoms with van der Waals surface area (Å²) >= 11 is 6.28. The van der Waals surface area contributed by atoms with Gasteiger partial charge in [0.1, 0.15) is 17.8 Å². The molecule has 0 radical (unpaired) electrons. The van der Waals surface area contributed by atoms with Crippen LogP contribution < -0.4 is 5.56 Å². The second kappa shape index (κ2) is 7.75. The SMILES string of the molecule is O=c1cc(-c2cc(Cl)ccc2-n2cnnn2)cc2n1[C@H](c1ncc(-c3cnccn3)[nH]1)CC2. The van der Waals surface area contributed by atoms with E-state index >= 15 is 0 Å². The van der Waals surface area contributed by atoms with Crippen LogP contribution in [0.1, 0.15) is 24.0 Å². The van der Waals surface area contributed by atoms with Gasteiger partial charge < -0.3 is 9.55 Å². The van der Waals surface area contributed by atoms with Gasteiger partial charge in [-0.1, -0.05) is 11.6 Å². The smallest absolute Gasteiger partial charge is 0.252 e. The lowest BCUT2D eigenvalue weighted by Crippen LogP contribution is -2.23. The van der Waals surface area contributed by atoms with E-state index in [1.165, 1.54) is 6.33 Å². The average Bonchev–Trinajstić information content (AvgIpc) is 3.60. The van der Waals surface area contributed by atoms with Crippen molar-refractivity contribution in [2.24, 2.45) is 0 Å². The minimum Gasteiger partial charge on any atom is -0.339 e. The third-order valence-corrected chi connectivity index (χ3v) is 5.98. The Bertz CT molecular complexity index is 1510. The van der Waals surface area contributed by atoms with Crippen molar-refractivity contribution in [3.63, 3.8) is 0 Å². The molecule has 0 aliphatic carbocycles. The predicted molar refractivity (Wildman–Crippen MR) is 120 cm³/mol. The van der Waals surface area contributed by atoms with Crippen molar-refractivity contribution in [2.75, 3.05) is 0 Å². The first kappa shape index (κ1) is 19.5. The minimum atomic E-state index is -0.176. The molecule has 1 atom stereocenters. The van der Waals surface area contributed by atoms with Crippen LogP contribution in [-0.4, -0.2) is 44.7 Å². The highest BCUT2D eigenvalue weighted by Gasteiger charge is 2.28. The monoisotopic (exact) mass is 457 g/mol. The van der Waals surface area contributed by atoms with Crippen LogP contribution in [-0.2, 0) is 6.42 Å². The maximum atomic E-state index is 13.3. The van der Waals surface area contributed by atoms with Crippen LogP contribution in [0.25, 0.3) is 28.2 Å². The maximum absolute atomic E-state index is 13.3. The van der Waals surface area contributed by atoms with Crippen molar-refractivity contribution >= 4 is 11.6 Å². The van der Waals surface area contributed by atoms with E-state index in [2.05, 4.69) is 35.5 Å². The quantitative estimate of drug-likeness (QED) is 0.440. The summed E-state index contributed by atoms with van der Waals surface area (Å²) in [6.45, 7) is 0. The van der Waals surface area contributed by atoms with Crippen molar-refractivity contribution < 1.29 is 0 Å². The molecule has 4 aromatic heterocycles. The van der Waals surface area contributed by atoms with Crippen LogP contribution in [0.5, 0.6) is 0 Å². The van der Waals surface area contributed by atoms with Crippen LogP contribution in [0, 0.1) is 0 Å². The fraction of sp³-hybridized carbons (Fsp3) is 0.136. The fourth-order valence-electron chi connectivity index (χ4n) is 4.29. The predicted octanol–water partition coefficient (Wildman–Crippen LogP) is 2.86. The highest BCUT2D eigenvalue weighted by atomic mass is 35.5. The van der Waals surface area contributed by atoms with Gasteiger partial charge in [0.2, 0.25) is 0 Å². The van der Waals surface area contributed by atoms with Gasteiger partial charge in [-0.05, 0) is 53.1 Å². The lowest BCUT2D eigenvalue weighted by Gasteiger charge is -2.15. The number of hydrogen-bond donors (Lipinski definition) is 1. The molecule has 1 aliphatic rings. The molecule has 10 nitrogen and oxygen atoms in total. The van der Waals surface area contributed by atoms with Gasteiger partial charge >= 0.3 is 0 Å². The first-order chi connectivity index (χ1) is 16.2. The molecule has 1 aromatic carbocycles. The number of pyridine rings is 1. The first-order valence-corrected chi connectivity index (χ1v) is 10.7. The third-order valence-electron chi connectivity index (χ3n) is 5.75. The zero-order valence-electron chi connectivity index (χ0n) is 17.1. The number of benzene rings is 1. The number of imidazole rings is 1. The Morgan fingerprint density at radius 3 is 2.85 bits per heavy atom.